The fourth-order valence-corrected chi connectivity index (χ4v) is 2.55. The van der Waals surface area contributed by atoms with E-state index in [9.17, 15) is 9.59 Å². The van der Waals surface area contributed by atoms with Crippen molar-refractivity contribution < 1.29 is 9.59 Å². The molecular formula is C16H19Cl2N3O2S. The van der Waals surface area contributed by atoms with E-state index in [4.69, 9.17) is 17.3 Å². The number of anilines is 1. The van der Waals surface area contributed by atoms with Crippen LogP contribution in [0.3, 0.4) is 0 Å². The van der Waals surface area contributed by atoms with Crippen LogP contribution in [0, 0.1) is 0 Å². The Morgan fingerprint density at radius 1 is 1.25 bits per heavy atom. The van der Waals surface area contributed by atoms with Crippen molar-refractivity contribution in [3.05, 3.63) is 51.2 Å². The molecule has 2 rings (SSSR count). The van der Waals surface area contributed by atoms with Gasteiger partial charge in [0.15, 0.2) is 0 Å². The van der Waals surface area contributed by atoms with Gasteiger partial charge in [0.1, 0.15) is 0 Å². The maximum absolute atomic E-state index is 12.1. The molecule has 0 spiro atoms. The molecule has 0 aliphatic heterocycles. The van der Waals surface area contributed by atoms with E-state index in [1.165, 1.54) is 11.3 Å². The van der Waals surface area contributed by atoms with Crippen LogP contribution in [0.4, 0.5) is 5.69 Å². The Morgan fingerprint density at radius 3 is 2.54 bits per heavy atom. The van der Waals surface area contributed by atoms with Crippen molar-refractivity contribution >= 4 is 52.8 Å². The monoisotopic (exact) mass is 387 g/mol. The summed E-state index contributed by atoms with van der Waals surface area (Å²) in [5, 5.41) is 7.64. The number of amides is 2. The third-order valence-corrected chi connectivity index (χ3v) is 4.12. The lowest BCUT2D eigenvalue weighted by Crippen LogP contribution is -2.45. The largest absolute Gasteiger partial charge is 0.350 e. The molecule has 2 amide bonds. The van der Waals surface area contributed by atoms with Crippen LogP contribution >= 0.6 is 35.3 Å². The van der Waals surface area contributed by atoms with Gasteiger partial charge in [-0.25, -0.2) is 0 Å². The zero-order valence-electron chi connectivity index (χ0n) is 13.3. The van der Waals surface area contributed by atoms with Gasteiger partial charge in [0.25, 0.3) is 11.8 Å². The van der Waals surface area contributed by atoms with Crippen LogP contribution in [0.15, 0.2) is 35.7 Å². The minimum Gasteiger partial charge on any atom is -0.350 e. The summed E-state index contributed by atoms with van der Waals surface area (Å²) in [6, 6.07) is 8.23. The van der Waals surface area contributed by atoms with Gasteiger partial charge >= 0.3 is 0 Å². The van der Waals surface area contributed by atoms with E-state index < -0.39 is 5.54 Å². The first kappa shape index (κ1) is 20.4. The standard InChI is InChI=1S/C16H18ClN3O2S.ClH/c1-16(2,18)9-19-14(21)10-5-6-11(17)12(8-10)20-15(22)13-4-3-7-23-13;/h3-8H,9,18H2,1-2H3,(H,19,21)(H,20,22);1H. The smallest absolute Gasteiger partial charge is 0.265 e. The van der Waals surface area contributed by atoms with Gasteiger partial charge in [0, 0.05) is 17.6 Å². The highest BCUT2D eigenvalue weighted by molar-refractivity contribution is 7.12. The molecule has 0 unspecified atom stereocenters. The molecular weight excluding hydrogens is 369 g/mol. The SMILES string of the molecule is CC(C)(N)CNC(=O)c1ccc(Cl)c(NC(=O)c2cccs2)c1.Cl. The summed E-state index contributed by atoms with van der Waals surface area (Å²) >= 11 is 7.42. The van der Waals surface area contributed by atoms with Crippen LogP contribution in [0.2, 0.25) is 5.02 Å². The minimum atomic E-state index is -0.502. The lowest BCUT2D eigenvalue weighted by molar-refractivity contribution is 0.0945. The molecule has 0 atom stereocenters. The van der Waals surface area contributed by atoms with Crippen LogP contribution < -0.4 is 16.4 Å². The highest BCUT2D eigenvalue weighted by Crippen LogP contribution is 2.24. The highest BCUT2D eigenvalue weighted by atomic mass is 35.5. The van der Waals surface area contributed by atoms with Gasteiger partial charge in [-0.2, -0.15) is 0 Å². The molecule has 1 heterocycles. The lowest BCUT2D eigenvalue weighted by atomic mass is 10.1. The number of carbonyl (C=O) groups excluding carboxylic acids is 2. The van der Waals surface area contributed by atoms with E-state index in [0.29, 0.717) is 27.7 Å². The van der Waals surface area contributed by atoms with Gasteiger partial charge in [-0.05, 0) is 43.5 Å². The second kappa shape index (κ2) is 8.48. The van der Waals surface area contributed by atoms with Crippen LogP contribution in [0.25, 0.3) is 0 Å². The highest BCUT2D eigenvalue weighted by Gasteiger charge is 2.15. The van der Waals surface area contributed by atoms with Gasteiger partial charge in [0.05, 0.1) is 15.6 Å². The Kier molecular flexibility index (Phi) is 7.23. The molecule has 5 nitrogen and oxygen atoms in total. The first-order chi connectivity index (χ1) is 10.8. The van der Waals surface area contributed by atoms with Gasteiger partial charge < -0.3 is 16.4 Å². The van der Waals surface area contributed by atoms with Crippen molar-refractivity contribution in [2.75, 3.05) is 11.9 Å². The van der Waals surface area contributed by atoms with E-state index >= 15 is 0 Å². The summed E-state index contributed by atoms with van der Waals surface area (Å²) < 4.78 is 0. The predicted molar refractivity (Wildman–Crippen MR) is 102 cm³/mol. The lowest BCUT2D eigenvalue weighted by Gasteiger charge is -2.19. The van der Waals surface area contributed by atoms with Gasteiger partial charge in [-0.3, -0.25) is 9.59 Å². The molecule has 0 bridgehead atoms. The van der Waals surface area contributed by atoms with Crippen LogP contribution in [-0.4, -0.2) is 23.9 Å². The Balaban J connectivity index is 0.00000288. The van der Waals surface area contributed by atoms with Crippen molar-refractivity contribution in [1.82, 2.24) is 5.32 Å². The number of hydrogen-bond acceptors (Lipinski definition) is 4. The zero-order chi connectivity index (χ0) is 17.0. The Hall–Kier alpha value is -1.60. The molecule has 0 saturated carbocycles. The fraction of sp³-hybridized carbons (Fsp3) is 0.250. The average Bonchev–Trinajstić information content (AvgIpc) is 3.00. The molecule has 2 aromatic rings. The third kappa shape index (κ3) is 5.79. The number of thiophene rings is 1. The van der Waals surface area contributed by atoms with Crippen LogP contribution in [-0.2, 0) is 0 Å². The Morgan fingerprint density at radius 2 is 1.96 bits per heavy atom. The van der Waals surface area contributed by atoms with Gasteiger partial charge in [-0.1, -0.05) is 17.7 Å². The second-order valence-electron chi connectivity index (χ2n) is 5.80. The molecule has 1 aromatic heterocycles. The maximum atomic E-state index is 12.1. The van der Waals surface area contributed by atoms with Crippen LogP contribution in [0.1, 0.15) is 33.9 Å². The molecule has 0 saturated heterocycles. The molecule has 0 fully saturated rings. The third-order valence-electron chi connectivity index (χ3n) is 2.93. The summed E-state index contributed by atoms with van der Waals surface area (Å²) in [5.74, 6) is -0.533. The molecule has 0 aliphatic rings. The quantitative estimate of drug-likeness (QED) is 0.733. The Labute approximate surface area is 156 Å². The number of carbonyl (C=O) groups is 2. The molecule has 1 aromatic carbocycles. The second-order valence-corrected chi connectivity index (χ2v) is 7.15. The molecule has 130 valence electrons. The fourth-order valence-electron chi connectivity index (χ4n) is 1.76. The first-order valence-electron chi connectivity index (χ1n) is 6.98. The van der Waals surface area contributed by atoms with Crippen molar-refractivity contribution in [2.45, 2.75) is 19.4 Å². The van der Waals surface area contributed by atoms with E-state index in [-0.39, 0.29) is 24.2 Å². The summed E-state index contributed by atoms with van der Waals surface area (Å²) in [6.45, 7) is 3.98. The van der Waals surface area contributed by atoms with Crippen molar-refractivity contribution in [2.24, 2.45) is 5.73 Å². The first-order valence-corrected chi connectivity index (χ1v) is 8.23. The molecule has 0 radical (unpaired) electrons. The van der Waals surface area contributed by atoms with Gasteiger partial charge in [-0.15, -0.1) is 23.7 Å². The number of hydrogen-bond donors (Lipinski definition) is 3. The van der Waals surface area contributed by atoms with E-state index in [0.717, 1.165) is 0 Å². The molecule has 8 heteroatoms. The number of rotatable bonds is 5. The number of benzene rings is 1. The molecule has 4 N–H and O–H groups in total. The van der Waals surface area contributed by atoms with Crippen molar-refractivity contribution in [3.8, 4) is 0 Å². The maximum Gasteiger partial charge on any atom is 0.265 e. The van der Waals surface area contributed by atoms with E-state index in [1.807, 2.05) is 19.2 Å². The summed E-state index contributed by atoms with van der Waals surface area (Å²) in [4.78, 5) is 24.8. The van der Waals surface area contributed by atoms with Gasteiger partial charge in [0.2, 0.25) is 0 Å². The van der Waals surface area contributed by atoms with E-state index in [1.54, 1.807) is 30.3 Å². The number of nitrogens with two attached hydrogens (primary N) is 1. The van der Waals surface area contributed by atoms with Crippen molar-refractivity contribution in [3.63, 3.8) is 0 Å². The summed E-state index contributed by atoms with van der Waals surface area (Å²) in [6.07, 6.45) is 0. The normalized spacial score (nSPS) is 10.7. The summed E-state index contributed by atoms with van der Waals surface area (Å²) in [7, 11) is 0. The molecule has 24 heavy (non-hydrogen) atoms. The van der Waals surface area contributed by atoms with Crippen LogP contribution in [0.5, 0.6) is 0 Å². The minimum absolute atomic E-state index is 0. The van der Waals surface area contributed by atoms with Crippen molar-refractivity contribution in [1.29, 1.82) is 0 Å². The zero-order valence-corrected chi connectivity index (χ0v) is 15.6. The van der Waals surface area contributed by atoms with E-state index in [2.05, 4.69) is 10.6 Å². The average molecular weight is 388 g/mol. The number of halogens is 2. The number of nitrogens with one attached hydrogen (secondary N) is 2. The topological polar surface area (TPSA) is 84.2 Å². The summed E-state index contributed by atoms with van der Waals surface area (Å²) in [5.41, 5.74) is 6.14. The predicted octanol–water partition coefficient (Wildman–Crippen LogP) is 3.54. The Bertz CT molecular complexity index is 713. The molecule has 0 aliphatic carbocycles.